The molecule has 0 radical (unpaired) electrons. The minimum atomic E-state index is -0.0764. The molecule has 0 aliphatic rings. The molecule has 2 N–H and O–H groups in total. The van der Waals surface area contributed by atoms with Crippen LogP contribution in [0.15, 0.2) is 53.5 Å². The van der Waals surface area contributed by atoms with Crippen LogP contribution >= 0.6 is 23.2 Å². The molecule has 0 aliphatic heterocycles. The summed E-state index contributed by atoms with van der Waals surface area (Å²) in [4.78, 5) is 12.4. The minimum absolute atomic E-state index is 0.0764. The van der Waals surface area contributed by atoms with Gasteiger partial charge >= 0.3 is 0 Å². The van der Waals surface area contributed by atoms with E-state index in [1.165, 1.54) is 0 Å². The Hall–Kier alpha value is -1.81. The van der Waals surface area contributed by atoms with Crippen LogP contribution in [0.25, 0.3) is 16.6 Å². The maximum atomic E-state index is 12.4. The number of para-hydroxylation sites is 1. The number of halogens is 2. The molecule has 0 bridgehead atoms. The molecular formula is C16H12Cl2N2O. The van der Waals surface area contributed by atoms with E-state index in [1.807, 2.05) is 22.8 Å². The number of nitrogens with two attached hydrogens (primary N) is 1. The van der Waals surface area contributed by atoms with Gasteiger partial charge in [-0.2, -0.15) is 0 Å². The number of hydrogen-bond donors (Lipinski definition) is 1. The lowest BCUT2D eigenvalue weighted by Crippen LogP contribution is -2.17. The van der Waals surface area contributed by atoms with Crippen molar-refractivity contribution < 1.29 is 0 Å². The molecule has 106 valence electrons. The molecular weight excluding hydrogens is 307 g/mol. The van der Waals surface area contributed by atoms with Crippen molar-refractivity contribution in [3.05, 3.63) is 74.5 Å². The van der Waals surface area contributed by atoms with Crippen LogP contribution in [-0.4, -0.2) is 4.57 Å². The van der Waals surface area contributed by atoms with Gasteiger partial charge in [0.15, 0.2) is 5.43 Å². The number of aromatic nitrogens is 1. The first kappa shape index (κ1) is 14.1. The first-order valence-electron chi connectivity index (χ1n) is 6.40. The molecule has 21 heavy (non-hydrogen) atoms. The van der Waals surface area contributed by atoms with Crippen LogP contribution in [0.5, 0.6) is 0 Å². The second-order valence-corrected chi connectivity index (χ2v) is 5.51. The van der Waals surface area contributed by atoms with Crippen LogP contribution in [0.4, 0.5) is 0 Å². The summed E-state index contributed by atoms with van der Waals surface area (Å²) in [6, 6.07) is 12.6. The fraction of sp³-hybridized carbons (Fsp3) is 0.0625. The Labute approximate surface area is 131 Å². The largest absolute Gasteiger partial charge is 0.326 e. The minimum Gasteiger partial charge on any atom is -0.326 e. The van der Waals surface area contributed by atoms with E-state index in [1.54, 1.807) is 30.5 Å². The first-order chi connectivity index (χ1) is 10.1. The maximum Gasteiger partial charge on any atom is 0.193 e. The van der Waals surface area contributed by atoms with E-state index in [2.05, 4.69) is 0 Å². The number of fused-ring (bicyclic) bond motifs is 1. The molecule has 3 aromatic rings. The summed E-state index contributed by atoms with van der Waals surface area (Å²) in [5.74, 6) is 0. The van der Waals surface area contributed by atoms with Crippen molar-refractivity contribution in [2.75, 3.05) is 0 Å². The van der Waals surface area contributed by atoms with Gasteiger partial charge in [-0.1, -0.05) is 35.3 Å². The zero-order valence-corrected chi connectivity index (χ0v) is 12.5. The molecule has 0 fully saturated rings. The summed E-state index contributed by atoms with van der Waals surface area (Å²) >= 11 is 12.3. The highest BCUT2D eigenvalue weighted by Gasteiger charge is 2.11. The van der Waals surface area contributed by atoms with Gasteiger partial charge in [0.1, 0.15) is 0 Å². The molecule has 3 nitrogen and oxygen atoms in total. The summed E-state index contributed by atoms with van der Waals surface area (Å²) < 4.78 is 1.85. The lowest BCUT2D eigenvalue weighted by molar-refractivity contribution is 0.994. The Morgan fingerprint density at radius 3 is 2.57 bits per heavy atom. The Bertz CT molecular complexity index is 887. The Kier molecular flexibility index (Phi) is 3.72. The highest BCUT2D eigenvalue weighted by molar-refractivity contribution is 6.32. The molecule has 0 unspecified atom stereocenters. The highest BCUT2D eigenvalue weighted by atomic mass is 35.5. The maximum absolute atomic E-state index is 12.4. The molecule has 0 aliphatic carbocycles. The quantitative estimate of drug-likeness (QED) is 0.782. The van der Waals surface area contributed by atoms with E-state index in [4.69, 9.17) is 28.9 Å². The van der Waals surface area contributed by atoms with Crippen LogP contribution in [0.2, 0.25) is 10.0 Å². The van der Waals surface area contributed by atoms with Crippen molar-refractivity contribution in [3.63, 3.8) is 0 Å². The molecule has 1 aromatic heterocycles. The van der Waals surface area contributed by atoms with Crippen LogP contribution in [0.3, 0.4) is 0 Å². The van der Waals surface area contributed by atoms with E-state index in [-0.39, 0.29) is 12.0 Å². The van der Waals surface area contributed by atoms with Crippen LogP contribution in [0, 0.1) is 0 Å². The van der Waals surface area contributed by atoms with Crippen molar-refractivity contribution in [1.29, 1.82) is 0 Å². The molecule has 1 heterocycles. The van der Waals surface area contributed by atoms with Crippen molar-refractivity contribution in [2.45, 2.75) is 6.54 Å². The van der Waals surface area contributed by atoms with Gasteiger partial charge in [0.25, 0.3) is 0 Å². The standard InChI is InChI=1S/C16H12Cl2N2O/c17-11-5-6-12-15(7-11)20(9-10(8-19)16(12)21)14-4-2-1-3-13(14)18/h1-7,9H,8,19H2. The van der Waals surface area contributed by atoms with Crippen molar-refractivity contribution >= 4 is 34.1 Å². The monoisotopic (exact) mass is 318 g/mol. The van der Waals surface area contributed by atoms with Crippen LogP contribution in [-0.2, 0) is 6.54 Å². The van der Waals surface area contributed by atoms with Crippen molar-refractivity contribution in [2.24, 2.45) is 5.73 Å². The highest BCUT2D eigenvalue weighted by Crippen LogP contribution is 2.25. The molecule has 0 saturated heterocycles. The molecule has 0 amide bonds. The van der Waals surface area contributed by atoms with Gasteiger partial charge in [-0.25, -0.2) is 0 Å². The summed E-state index contributed by atoms with van der Waals surface area (Å²) in [5, 5.41) is 1.72. The third kappa shape index (κ3) is 2.44. The zero-order chi connectivity index (χ0) is 15.0. The lowest BCUT2D eigenvalue weighted by atomic mass is 10.1. The molecule has 2 aromatic carbocycles. The van der Waals surface area contributed by atoms with Gasteiger partial charge in [0.05, 0.1) is 16.2 Å². The fourth-order valence-corrected chi connectivity index (χ4v) is 2.74. The molecule has 3 rings (SSSR count). The SMILES string of the molecule is NCc1cn(-c2ccccc2Cl)c2cc(Cl)ccc2c1=O. The van der Waals surface area contributed by atoms with E-state index in [0.29, 0.717) is 26.5 Å². The fourth-order valence-electron chi connectivity index (χ4n) is 2.34. The zero-order valence-electron chi connectivity index (χ0n) is 11.0. The van der Waals surface area contributed by atoms with E-state index in [0.717, 1.165) is 5.69 Å². The Morgan fingerprint density at radius 2 is 1.86 bits per heavy atom. The van der Waals surface area contributed by atoms with Gasteiger partial charge < -0.3 is 10.3 Å². The molecule has 0 saturated carbocycles. The van der Waals surface area contributed by atoms with Gasteiger partial charge in [-0.3, -0.25) is 4.79 Å². The Morgan fingerprint density at radius 1 is 1.10 bits per heavy atom. The van der Waals surface area contributed by atoms with Crippen LogP contribution in [0.1, 0.15) is 5.56 Å². The summed E-state index contributed by atoms with van der Waals surface area (Å²) in [5.41, 5.74) is 7.63. The molecule has 0 spiro atoms. The van der Waals surface area contributed by atoms with Crippen molar-refractivity contribution in [1.82, 2.24) is 4.57 Å². The second-order valence-electron chi connectivity index (χ2n) is 4.67. The number of hydrogen-bond acceptors (Lipinski definition) is 2. The predicted molar refractivity (Wildman–Crippen MR) is 87.5 cm³/mol. The normalized spacial score (nSPS) is 11.0. The topological polar surface area (TPSA) is 48.0 Å². The third-order valence-electron chi connectivity index (χ3n) is 3.37. The Balaban J connectivity index is 2.47. The predicted octanol–water partition coefficient (Wildman–Crippen LogP) is 3.76. The van der Waals surface area contributed by atoms with Crippen LogP contribution < -0.4 is 11.2 Å². The van der Waals surface area contributed by atoms with Gasteiger partial charge in [0.2, 0.25) is 0 Å². The second kappa shape index (κ2) is 5.53. The summed E-state index contributed by atoms with van der Waals surface area (Å²) in [6.45, 7) is 0.169. The third-order valence-corrected chi connectivity index (χ3v) is 3.93. The molecule has 0 atom stereocenters. The number of nitrogens with zero attached hydrogens (tertiary/aromatic N) is 1. The number of benzene rings is 2. The van der Waals surface area contributed by atoms with E-state index < -0.39 is 0 Å². The average Bonchev–Trinajstić information content (AvgIpc) is 2.48. The van der Waals surface area contributed by atoms with E-state index in [9.17, 15) is 4.79 Å². The van der Waals surface area contributed by atoms with E-state index >= 15 is 0 Å². The van der Waals surface area contributed by atoms with Gasteiger partial charge in [-0.15, -0.1) is 0 Å². The summed E-state index contributed by atoms with van der Waals surface area (Å²) in [6.07, 6.45) is 1.72. The van der Waals surface area contributed by atoms with Gasteiger partial charge in [0, 0.05) is 28.7 Å². The van der Waals surface area contributed by atoms with Crippen molar-refractivity contribution in [3.8, 4) is 5.69 Å². The van der Waals surface area contributed by atoms with Gasteiger partial charge in [-0.05, 0) is 30.3 Å². The number of rotatable bonds is 2. The molecule has 5 heteroatoms. The number of pyridine rings is 1. The summed E-state index contributed by atoms with van der Waals surface area (Å²) in [7, 11) is 0. The average molecular weight is 319 g/mol. The lowest BCUT2D eigenvalue weighted by Gasteiger charge is -2.14. The smallest absolute Gasteiger partial charge is 0.193 e. The first-order valence-corrected chi connectivity index (χ1v) is 7.16.